The molecule has 1 aromatic heterocycles. The number of aliphatic hydroxyl groups excluding tert-OH is 1. The van der Waals surface area contributed by atoms with Crippen molar-refractivity contribution in [3.05, 3.63) is 110 Å². The number of carbonyl (C=O) groups excluding carboxylic acids is 1. The largest absolute Gasteiger partial charge is 0.573 e. The molecule has 1 N–H and O–H groups in total. The first kappa shape index (κ1) is 24.0. The highest BCUT2D eigenvalue weighted by molar-refractivity contribution is 5.96. The maximum absolute atomic E-state index is 13.4. The number of alkyl halides is 3. The summed E-state index contributed by atoms with van der Waals surface area (Å²) in [6, 6.07) is 18.0. The van der Waals surface area contributed by atoms with Crippen LogP contribution in [0.5, 0.6) is 5.75 Å². The SMILES string of the molecule is O=C(CO)c1ccc(Cn2c(=O)n(Cc3ccccc3OC(F)(F)F)c(=O)c3ccccc32)cc1. The number of halogens is 3. The standard InChI is InChI=1S/C25H19F3N2O5/c26-25(27,28)35-22-8-4-1-5-18(22)14-30-23(33)19-6-2-3-7-20(19)29(24(30)34)13-16-9-11-17(12-10-16)21(32)15-31/h1-12,31H,13-15H2. The molecule has 0 spiro atoms. The zero-order valence-corrected chi connectivity index (χ0v) is 18.2. The molecule has 0 atom stereocenters. The molecule has 7 nitrogen and oxygen atoms in total. The van der Waals surface area contributed by atoms with Crippen LogP contribution in [-0.4, -0.2) is 33.0 Å². The number of benzene rings is 3. The van der Waals surface area contributed by atoms with Crippen molar-refractivity contribution in [2.75, 3.05) is 6.61 Å². The van der Waals surface area contributed by atoms with Gasteiger partial charge in [-0.1, -0.05) is 54.6 Å². The average Bonchev–Trinajstić information content (AvgIpc) is 2.84. The molecule has 35 heavy (non-hydrogen) atoms. The Hall–Kier alpha value is -4.18. The number of fused-ring (bicyclic) bond motifs is 1. The number of hydrogen-bond donors (Lipinski definition) is 1. The summed E-state index contributed by atoms with van der Waals surface area (Å²) in [5.74, 6) is -0.956. The molecule has 180 valence electrons. The van der Waals surface area contributed by atoms with Crippen LogP contribution >= 0.6 is 0 Å². The summed E-state index contributed by atoms with van der Waals surface area (Å²) in [4.78, 5) is 38.2. The van der Waals surface area contributed by atoms with Crippen LogP contribution in [-0.2, 0) is 13.1 Å². The van der Waals surface area contributed by atoms with Crippen molar-refractivity contribution in [2.45, 2.75) is 19.5 Å². The van der Waals surface area contributed by atoms with E-state index in [0.717, 1.165) is 10.6 Å². The Bertz CT molecular complexity index is 1510. The number of aliphatic hydroxyl groups is 1. The van der Waals surface area contributed by atoms with Crippen LogP contribution in [0.2, 0.25) is 0 Å². The number of hydrogen-bond acceptors (Lipinski definition) is 5. The van der Waals surface area contributed by atoms with Crippen molar-refractivity contribution in [3.63, 3.8) is 0 Å². The number of ether oxygens (including phenoxy) is 1. The van der Waals surface area contributed by atoms with Crippen LogP contribution in [0, 0.1) is 0 Å². The number of Topliss-reactive ketones (excluding diaryl/α,β-unsaturated/α-hetero) is 1. The van der Waals surface area contributed by atoms with Crippen LogP contribution in [0.1, 0.15) is 21.5 Å². The van der Waals surface area contributed by atoms with Gasteiger partial charge in [0, 0.05) is 11.1 Å². The van der Waals surface area contributed by atoms with Gasteiger partial charge in [-0.2, -0.15) is 0 Å². The molecule has 10 heteroatoms. The lowest BCUT2D eigenvalue weighted by atomic mass is 10.1. The van der Waals surface area contributed by atoms with Gasteiger partial charge >= 0.3 is 12.1 Å². The second-order valence-electron chi connectivity index (χ2n) is 7.71. The summed E-state index contributed by atoms with van der Waals surface area (Å²) in [7, 11) is 0. The van der Waals surface area contributed by atoms with E-state index in [1.807, 2.05) is 0 Å². The van der Waals surface area contributed by atoms with E-state index < -0.39 is 42.3 Å². The highest BCUT2D eigenvalue weighted by Crippen LogP contribution is 2.26. The molecule has 0 bridgehead atoms. The summed E-state index contributed by atoms with van der Waals surface area (Å²) < 4.78 is 44.8. The molecule has 4 aromatic rings. The summed E-state index contributed by atoms with van der Waals surface area (Å²) in [6.45, 7) is -1.03. The van der Waals surface area contributed by atoms with E-state index in [2.05, 4.69) is 4.74 Å². The Balaban J connectivity index is 1.81. The topological polar surface area (TPSA) is 90.5 Å². The molecular formula is C25H19F3N2O5. The monoisotopic (exact) mass is 484 g/mol. The van der Waals surface area contributed by atoms with Crippen LogP contribution in [0.15, 0.2) is 82.4 Å². The molecule has 0 aliphatic rings. The quantitative estimate of drug-likeness (QED) is 0.407. The number of ketones is 1. The average molecular weight is 484 g/mol. The maximum Gasteiger partial charge on any atom is 0.573 e. The first-order chi connectivity index (χ1) is 16.7. The Labute approximate surface area is 196 Å². The van der Waals surface area contributed by atoms with E-state index in [0.29, 0.717) is 16.6 Å². The first-order valence-corrected chi connectivity index (χ1v) is 10.5. The number of carbonyl (C=O) groups is 1. The molecule has 0 radical (unpaired) electrons. The second-order valence-corrected chi connectivity index (χ2v) is 7.71. The molecular weight excluding hydrogens is 465 g/mol. The Morgan fingerprint density at radius 2 is 1.51 bits per heavy atom. The van der Waals surface area contributed by atoms with Gasteiger partial charge in [-0.25, -0.2) is 4.79 Å². The van der Waals surface area contributed by atoms with Gasteiger partial charge in [0.2, 0.25) is 0 Å². The third-order valence-electron chi connectivity index (χ3n) is 5.42. The zero-order valence-electron chi connectivity index (χ0n) is 18.2. The number of rotatable bonds is 7. The molecule has 0 fully saturated rings. The van der Waals surface area contributed by atoms with Gasteiger partial charge in [-0.15, -0.1) is 13.2 Å². The lowest BCUT2D eigenvalue weighted by Gasteiger charge is -2.16. The van der Waals surface area contributed by atoms with Crippen molar-refractivity contribution in [3.8, 4) is 5.75 Å². The van der Waals surface area contributed by atoms with E-state index in [4.69, 9.17) is 5.11 Å². The van der Waals surface area contributed by atoms with Crippen LogP contribution in [0.25, 0.3) is 10.9 Å². The zero-order chi connectivity index (χ0) is 25.2. The third-order valence-corrected chi connectivity index (χ3v) is 5.42. The Morgan fingerprint density at radius 3 is 2.20 bits per heavy atom. The summed E-state index contributed by atoms with van der Waals surface area (Å²) in [5, 5.41) is 9.22. The van der Waals surface area contributed by atoms with Gasteiger partial charge < -0.3 is 9.84 Å². The van der Waals surface area contributed by atoms with E-state index in [-0.39, 0.29) is 17.5 Å². The van der Waals surface area contributed by atoms with Crippen LogP contribution in [0.4, 0.5) is 13.2 Å². The smallest absolute Gasteiger partial charge is 0.405 e. The summed E-state index contributed by atoms with van der Waals surface area (Å²) in [6.07, 6.45) is -4.94. The fourth-order valence-corrected chi connectivity index (χ4v) is 3.76. The molecule has 0 unspecified atom stereocenters. The summed E-state index contributed by atoms with van der Waals surface area (Å²) >= 11 is 0. The van der Waals surface area contributed by atoms with Crippen molar-refractivity contribution in [1.82, 2.24) is 9.13 Å². The molecule has 1 heterocycles. The maximum atomic E-state index is 13.4. The fraction of sp³-hybridized carbons (Fsp3) is 0.160. The van der Waals surface area contributed by atoms with Gasteiger partial charge in [-0.3, -0.25) is 18.7 Å². The van der Waals surface area contributed by atoms with E-state index in [1.54, 1.807) is 30.3 Å². The predicted molar refractivity (Wildman–Crippen MR) is 122 cm³/mol. The normalized spacial score (nSPS) is 11.5. The highest BCUT2D eigenvalue weighted by Gasteiger charge is 2.32. The second kappa shape index (κ2) is 9.59. The molecule has 0 amide bonds. The molecule has 0 aliphatic heterocycles. The Kier molecular flexibility index (Phi) is 6.57. The predicted octanol–water partition coefficient (Wildman–Crippen LogP) is 3.33. The van der Waals surface area contributed by atoms with E-state index in [1.165, 1.54) is 41.0 Å². The lowest BCUT2D eigenvalue weighted by Crippen LogP contribution is -2.40. The number of para-hydroxylation sites is 2. The third kappa shape index (κ3) is 5.17. The molecule has 3 aromatic carbocycles. The van der Waals surface area contributed by atoms with Gasteiger partial charge in [0.25, 0.3) is 5.56 Å². The Morgan fingerprint density at radius 1 is 0.857 bits per heavy atom. The first-order valence-electron chi connectivity index (χ1n) is 10.5. The van der Waals surface area contributed by atoms with Crippen molar-refractivity contribution >= 4 is 16.7 Å². The number of aromatic nitrogens is 2. The van der Waals surface area contributed by atoms with Gasteiger partial charge in [0.05, 0.1) is 24.0 Å². The molecule has 0 saturated carbocycles. The molecule has 4 rings (SSSR count). The van der Waals surface area contributed by atoms with Gasteiger partial charge in [0.1, 0.15) is 12.4 Å². The molecule has 0 aliphatic carbocycles. The van der Waals surface area contributed by atoms with E-state index >= 15 is 0 Å². The van der Waals surface area contributed by atoms with Gasteiger partial charge in [0.15, 0.2) is 5.78 Å². The summed E-state index contributed by atoms with van der Waals surface area (Å²) in [5.41, 5.74) is -0.0529. The van der Waals surface area contributed by atoms with Crippen LogP contribution < -0.4 is 16.0 Å². The highest BCUT2D eigenvalue weighted by atomic mass is 19.4. The fourth-order valence-electron chi connectivity index (χ4n) is 3.76. The minimum Gasteiger partial charge on any atom is -0.405 e. The minimum atomic E-state index is -4.94. The minimum absolute atomic E-state index is 0.0118. The molecule has 0 saturated heterocycles. The lowest BCUT2D eigenvalue weighted by molar-refractivity contribution is -0.274. The van der Waals surface area contributed by atoms with Crippen molar-refractivity contribution < 1.29 is 27.8 Å². The number of nitrogens with zero attached hydrogens (tertiary/aromatic N) is 2. The van der Waals surface area contributed by atoms with E-state index in [9.17, 15) is 27.6 Å². The van der Waals surface area contributed by atoms with Crippen molar-refractivity contribution in [2.24, 2.45) is 0 Å². The van der Waals surface area contributed by atoms with Crippen molar-refractivity contribution in [1.29, 1.82) is 0 Å². The van der Waals surface area contributed by atoms with Gasteiger partial charge in [-0.05, 0) is 23.8 Å². The van der Waals surface area contributed by atoms with Crippen LogP contribution in [0.3, 0.4) is 0 Å².